The second-order valence-corrected chi connectivity index (χ2v) is 5.53. The van der Waals surface area contributed by atoms with Crippen LogP contribution in [0.15, 0.2) is 36.4 Å². The Balaban J connectivity index is 1.89. The lowest BCUT2D eigenvalue weighted by molar-refractivity contribution is -0.274. The SMILES string of the molecule is CCCOc1ccc2c(c1)CCc1cc(OC(F)(F)F)ccc1-2. The van der Waals surface area contributed by atoms with Crippen molar-refractivity contribution in [3.63, 3.8) is 0 Å². The minimum absolute atomic E-state index is 0.164. The van der Waals surface area contributed by atoms with Gasteiger partial charge in [0.25, 0.3) is 0 Å². The van der Waals surface area contributed by atoms with Gasteiger partial charge in [-0.2, -0.15) is 0 Å². The molecule has 0 bridgehead atoms. The standard InChI is InChI=1S/C18H17F3O2/c1-2-9-22-14-5-7-16-12(10-14)3-4-13-11-15(6-8-17(13)16)23-18(19,20)21/h5-8,10-11H,2-4,9H2,1H3. The van der Waals surface area contributed by atoms with Crippen molar-refractivity contribution in [2.24, 2.45) is 0 Å². The van der Waals surface area contributed by atoms with Gasteiger partial charge >= 0.3 is 6.36 Å². The zero-order valence-corrected chi connectivity index (χ0v) is 12.7. The second kappa shape index (κ2) is 6.14. The van der Waals surface area contributed by atoms with Gasteiger partial charge in [-0.1, -0.05) is 19.1 Å². The van der Waals surface area contributed by atoms with E-state index in [2.05, 4.69) is 11.7 Å². The van der Waals surface area contributed by atoms with Gasteiger partial charge in [0.1, 0.15) is 11.5 Å². The van der Waals surface area contributed by atoms with Gasteiger partial charge in [-0.15, -0.1) is 13.2 Å². The van der Waals surface area contributed by atoms with Gasteiger partial charge in [0.2, 0.25) is 0 Å². The lowest BCUT2D eigenvalue weighted by atomic mass is 9.85. The number of alkyl halides is 3. The predicted octanol–water partition coefficient (Wildman–Crippen LogP) is 5.14. The highest BCUT2D eigenvalue weighted by Gasteiger charge is 2.31. The number of aryl methyl sites for hydroxylation is 2. The van der Waals surface area contributed by atoms with Gasteiger partial charge in [0.15, 0.2) is 0 Å². The molecule has 0 saturated heterocycles. The highest BCUT2D eigenvalue weighted by atomic mass is 19.4. The molecule has 0 fully saturated rings. The summed E-state index contributed by atoms with van der Waals surface area (Å²) in [4.78, 5) is 0. The van der Waals surface area contributed by atoms with E-state index in [1.807, 2.05) is 18.2 Å². The average Bonchev–Trinajstić information content (AvgIpc) is 2.50. The molecule has 0 unspecified atom stereocenters. The van der Waals surface area contributed by atoms with Crippen LogP contribution in [0.25, 0.3) is 11.1 Å². The van der Waals surface area contributed by atoms with Crippen molar-refractivity contribution in [3.8, 4) is 22.6 Å². The van der Waals surface area contributed by atoms with Gasteiger partial charge in [0.05, 0.1) is 6.61 Å². The van der Waals surface area contributed by atoms with Crippen molar-refractivity contribution in [1.29, 1.82) is 0 Å². The van der Waals surface area contributed by atoms with E-state index in [0.29, 0.717) is 13.0 Å². The molecule has 122 valence electrons. The average molecular weight is 322 g/mol. The Kier molecular flexibility index (Phi) is 4.20. The summed E-state index contributed by atoms with van der Waals surface area (Å²) >= 11 is 0. The summed E-state index contributed by atoms with van der Waals surface area (Å²) in [5.41, 5.74) is 4.05. The number of hydrogen-bond acceptors (Lipinski definition) is 2. The number of benzene rings is 2. The normalized spacial score (nSPS) is 13.2. The third kappa shape index (κ3) is 3.60. The third-order valence-corrected chi connectivity index (χ3v) is 3.81. The summed E-state index contributed by atoms with van der Waals surface area (Å²) < 4.78 is 46.6. The monoisotopic (exact) mass is 322 g/mol. The molecule has 23 heavy (non-hydrogen) atoms. The Morgan fingerprint density at radius 1 is 0.913 bits per heavy atom. The van der Waals surface area contributed by atoms with Crippen molar-refractivity contribution in [3.05, 3.63) is 47.5 Å². The quantitative estimate of drug-likeness (QED) is 0.776. The zero-order chi connectivity index (χ0) is 16.4. The maximum atomic E-state index is 12.3. The van der Waals surface area contributed by atoms with Crippen molar-refractivity contribution in [2.45, 2.75) is 32.5 Å². The van der Waals surface area contributed by atoms with E-state index in [-0.39, 0.29) is 5.75 Å². The molecule has 1 aliphatic rings. The van der Waals surface area contributed by atoms with Crippen LogP contribution in [0.1, 0.15) is 24.5 Å². The van der Waals surface area contributed by atoms with Gasteiger partial charge in [-0.3, -0.25) is 0 Å². The molecule has 0 radical (unpaired) electrons. The Morgan fingerprint density at radius 3 is 2.04 bits per heavy atom. The first-order chi connectivity index (χ1) is 11.0. The van der Waals surface area contributed by atoms with Crippen molar-refractivity contribution in [2.75, 3.05) is 6.61 Å². The molecular formula is C18H17F3O2. The zero-order valence-electron chi connectivity index (χ0n) is 12.7. The van der Waals surface area contributed by atoms with Crippen LogP contribution in [0.3, 0.4) is 0 Å². The van der Waals surface area contributed by atoms with E-state index in [4.69, 9.17) is 4.74 Å². The summed E-state index contributed by atoms with van der Waals surface area (Å²) in [6, 6.07) is 10.4. The van der Waals surface area contributed by atoms with E-state index >= 15 is 0 Å². The van der Waals surface area contributed by atoms with Gasteiger partial charge < -0.3 is 9.47 Å². The fourth-order valence-corrected chi connectivity index (χ4v) is 2.86. The van der Waals surface area contributed by atoms with Crippen LogP contribution in [0.5, 0.6) is 11.5 Å². The molecule has 2 aromatic carbocycles. The molecule has 3 rings (SSSR count). The Morgan fingerprint density at radius 2 is 1.48 bits per heavy atom. The molecule has 0 spiro atoms. The van der Waals surface area contributed by atoms with Crippen LogP contribution in [0.2, 0.25) is 0 Å². The second-order valence-electron chi connectivity index (χ2n) is 5.53. The van der Waals surface area contributed by atoms with E-state index in [0.717, 1.165) is 40.8 Å². The molecular weight excluding hydrogens is 305 g/mol. The van der Waals surface area contributed by atoms with Crippen LogP contribution in [-0.4, -0.2) is 13.0 Å². The van der Waals surface area contributed by atoms with Crippen LogP contribution in [-0.2, 0) is 12.8 Å². The van der Waals surface area contributed by atoms with Crippen LogP contribution in [0.4, 0.5) is 13.2 Å². The molecule has 1 aliphatic carbocycles. The first-order valence-electron chi connectivity index (χ1n) is 7.61. The lowest BCUT2D eigenvalue weighted by Gasteiger charge is -2.21. The number of ether oxygens (including phenoxy) is 2. The Labute approximate surface area is 132 Å². The van der Waals surface area contributed by atoms with E-state index < -0.39 is 6.36 Å². The Bertz CT molecular complexity index is 708. The highest BCUT2D eigenvalue weighted by Crippen LogP contribution is 2.37. The smallest absolute Gasteiger partial charge is 0.494 e. The van der Waals surface area contributed by atoms with Crippen LogP contribution < -0.4 is 9.47 Å². The third-order valence-electron chi connectivity index (χ3n) is 3.81. The molecule has 0 N–H and O–H groups in total. The number of halogens is 3. The Hall–Kier alpha value is -2.17. The molecule has 0 aliphatic heterocycles. The largest absolute Gasteiger partial charge is 0.573 e. The first-order valence-corrected chi connectivity index (χ1v) is 7.61. The topological polar surface area (TPSA) is 18.5 Å². The molecule has 0 atom stereocenters. The number of fused-ring (bicyclic) bond motifs is 3. The van der Waals surface area contributed by atoms with Crippen molar-refractivity contribution in [1.82, 2.24) is 0 Å². The fourth-order valence-electron chi connectivity index (χ4n) is 2.86. The van der Waals surface area contributed by atoms with Gasteiger partial charge in [-0.05, 0) is 65.8 Å². The maximum absolute atomic E-state index is 12.3. The number of rotatable bonds is 4. The van der Waals surface area contributed by atoms with Crippen molar-refractivity contribution >= 4 is 0 Å². The van der Waals surface area contributed by atoms with Crippen LogP contribution in [0, 0.1) is 0 Å². The highest BCUT2D eigenvalue weighted by molar-refractivity contribution is 5.74. The predicted molar refractivity (Wildman–Crippen MR) is 81.8 cm³/mol. The molecule has 2 aromatic rings. The lowest BCUT2D eigenvalue weighted by Crippen LogP contribution is -2.17. The summed E-state index contributed by atoms with van der Waals surface area (Å²) in [6.07, 6.45) is -2.25. The minimum Gasteiger partial charge on any atom is -0.494 e. The summed E-state index contributed by atoms with van der Waals surface area (Å²) in [5, 5.41) is 0. The minimum atomic E-state index is -4.66. The maximum Gasteiger partial charge on any atom is 0.573 e. The number of hydrogen-bond donors (Lipinski definition) is 0. The van der Waals surface area contributed by atoms with E-state index in [1.54, 1.807) is 6.07 Å². The van der Waals surface area contributed by atoms with Gasteiger partial charge in [-0.25, -0.2) is 0 Å². The molecule has 0 aromatic heterocycles. The van der Waals surface area contributed by atoms with Crippen LogP contribution >= 0.6 is 0 Å². The molecule has 0 amide bonds. The summed E-state index contributed by atoms with van der Waals surface area (Å²) in [6.45, 7) is 2.72. The summed E-state index contributed by atoms with van der Waals surface area (Å²) in [7, 11) is 0. The van der Waals surface area contributed by atoms with Gasteiger partial charge in [0, 0.05) is 0 Å². The molecule has 2 nitrogen and oxygen atoms in total. The molecule has 0 saturated carbocycles. The first kappa shape index (κ1) is 15.7. The fraction of sp³-hybridized carbons (Fsp3) is 0.333. The molecule has 0 heterocycles. The van der Waals surface area contributed by atoms with E-state index in [9.17, 15) is 13.2 Å². The summed E-state index contributed by atoms with van der Waals surface area (Å²) in [5.74, 6) is 0.675. The van der Waals surface area contributed by atoms with E-state index in [1.165, 1.54) is 12.1 Å². The van der Waals surface area contributed by atoms with Crippen molar-refractivity contribution < 1.29 is 22.6 Å². The molecule has 5 heteroatoms.